The minimum absolute atomic E-state index is 0.199. The van der Waals surface area contributed by atoms with Gasteiger partial charge in [-0.1, -0.05) is 12.1 Å². The molecule has 0 saturated heterocycles. The molecule has 0 aliphatic heterocycles. The predicted octanol–water partition coefficient (Wildman–Crippen LogP) is 2.71. The summed E-state index contributed by atoms with van der Waals surface area (Å²) in [6, 6.07) is 11.0. The van der Waals surface area contributed by atoms with Crippen molar-refractivity contribution in [2.75, 3.05) is 0 Å². The number of nitrogens with one attached hydrogen (secondary N) is 1. The second-order valence-electron chi connectivity index (χ2n) is 5.00. The summed E-state index contributed by atoms with van der Waals surface area (Å²) in [5.74, 6) is 0.306. The number of aromatic nitrogens is 3. The van der Waals surface area contributed by atoms with Crippen molar-refractivity contribution >= 4 is 17.2 Å². The van der Waals surface area contributed by atoms with E-state index in [0.717, 1.165) is 5.56 Å². The monoisotopic (exact) mass is 335 g/mol. The average molecular weight is 335 g/mol. The molecule has 0 radical (unpaired) electrons. The van der Waals surface area contributed by atoms with E-state index in [1.165, 1.54) is 11.3 Å². The second-order valence-corrected chi connectivity index (χ2v) is 6.00. The molecule has 3 aromatic rings. The Labute approximate surface area is 142 Å². The van der Waals surface area contributed by atoms with Gasteiger partial charge in [-0.2, -0.15) is 5.26 Å². The van der Waals surface area contributed by atoms with Gasteiger partial charge in [-0.05, 0) is 30.7 Å². The summed E-state index contributed by atoms with van der Waals surface area (Å²) in [6.45, 7) is 2.14. The first-order chi connectivity index (χ1) is 11.7. The fourth-order valence-corrected chi connectivity index (χ4v) is 3.06. The van der Waals surface area contributed by atoms with Crippen molar-refractivity contribution in [3.63, 3.8) is 0 Å². The van der Waals surface area contributed by atoms with E-state index in [0.29, 0.717) is 33.5 Å². The molecule has 6 nitrogen and oxygen atoms in total. The van der Waals surface area contributed by atoms with E-state index in [1.807, 2.05) is 6.07 Å². The van der Waals surface area contributed by atoms with Crippen LogP contribution in [0.25, 0.3) is 10.8 Å². The third-order valence-electron chi connectivity index (χ3n) is 3.27. The highest BCUT2D eigenvalue weighted by Gasteiger charge is 2.17. The Morgan fingerprint density at radius 1 is 1.29 bits per heavy atom. The zero-order valence-electron chi connectivity index (χ0n) is 12.9. The minimum atomic E-state index is -0.199. The first-order valence-corrected chi connectivity index (χ1v) is 8.01. The number of benzene rings is 1. The van der Waals surface area contributed by atoms with Gasteiger partial charge in [-0.15, -0.1) is 11.3 Å². The summed E-state index contributed by atoms with van der Waals surface area (Å²) in [7, 11) is 0. The van der Waals surface area contributed by atoms with E-state index in [2.05, 4.69) is 26.3 Å². The SMILES string of the molecule is Cc1nc(-c2ncccn2)sc1C(=O)NCc1cccc(C#N)c1. The summed E-state index contributed by atoms with van der Waals surface area (Å²) in [4.78, 5) is 25.6. The Kier molecular flexibility index (Phi) is 4.59. The molecule has 0 aliphatic rings. The molecule has 0 aliphatic carbocycles. The maximum atomic E-state index is 12.4. The first kappa shape index (κ1) is 15.8. The number of amides is 1. The van der Waals surface area contributed by atoms with Gasteiger partial charge in [0.2, 0.25) is 0 Å². The van der Waals surface area contributed by atoms with Crippen molar-refractivity contribution in [3.8, 4) is 16.9 Å². The molecule has 2 heterocycles. The average Bonchev–Trinajstić information content (AvgIpc) is 3.02. The largest absolute Gasteiger partial charge is 0.347 e. The van der Waals surface area contributed by atoms with Gasteiger partial charge in [0.1, 0.15) is 4.88 Å². The molecular weight excluding hydrogens is 322 g/mol. The lowest BCUT2D eigenvalue weighted by atomic mass is 10.1. The summed E-state index contributed by atoms with van der Waals surface area (Å²) < 4.78 is 0. The lowest BCUT2D eigenvalue weighted by Gasteiger charge is -2.04. The van der Waals surface area contributed by atoms with Crippen LogP contribution in [0.3, 0.4) is 0 Å². The summed E-state index contributed by atoms with van der Waals surface area (Å²) >= 11 is 1.26. The van der Waals surface area contributed by atoms with E-state index in [9.17, 15) is 4.79 Å². The predicted molar refractivity (Wildman–Crippen MR) is 90.2 cm³/mol. The van der Waals surface area contributed by atoms with Crippen LogP contribution < -0.4 is 5.32 Å². The van der Waals surface area contributed by atoms with E-state index in [1.54, 1.807) is 43.6 Å². The smallest absolute Gasteiger partial charge is 0.263 e. The normalized spacial score (nSPS) is 10.2. The Morgan fingerprint density at radius 3 is 2.83 bits per heavy atom. The van der Waals surface area contributed by atoms with Crippen LogP contribution in [0.5, 0.6) is 0 Å². The summed E-state index contributed by atoms with van der Waals surface area (Å²) in [6.07, 6.45) is 3.28. The molecule has 3 rings (SSSR count). The molecule has 0 bridgehead atoms. The van der Waals surface area contributed by atoms with Gasteiger partial charge in [0.05, 0.1) is 17.3 Å². The van der Waals surface area contributed by atoms with Gasteiger partial charge in [0.25, 0.3) is 5.91 Å². The van der Waals surface area contributed by atoms with E-state index >= 15 is 0 Å². The molecule has 1 amide bonds. The lowest BCUT2D eigenvalue weighted by molar-refractivity contribution is 0.0954. The number of carbonyl (C=O) groups excluding carboxylic acids is 1. The molecule has 1 N–H and O–H groups in total. The van der Waals surface area contributed by atoms with E-state index in [4.69, 9.17) is 5.26 Å². The minimum Gasteiger partial charge on any atom is -0.347 e. The number of hydrogen-bond donors (Lipinski definition) is 1. The fraction of sp³-hybridized carbons (Fsp3) is 0.118. The van der Waals surface area contributed by atoms with Crippen LogP contribution in [0, 0.1) is 18.3 Å². The molecule has 118 valence electrons. The number of rotatable bonds is 4. The zero-order chi connectivity index (χ0) is 16.9. The van der Waals surface area contributed by atoms with Crippen molar-refractivity contribution < 1.29 is 4.79 Å². The van der Waals surface area contributed by atoms with Crippen LogP contribution in [-0.2, 0) is 6.54 Å². The van der Waals surface area contributed by atoms with Crippen LogP contribution in [-0.4, -0.2) is 20.9 Å². The van der Waals surface area contributed by atoms with Crippen molar-refractivity contribution in [1.82, 2.24) is 20.3 Å². The van der Waals surface area contributed by atoms with Gasteiger partial charge >= 0.3 is 0 Å². The van der Waals surface area contributed by atoms with Crippen molar-refractivity contribution in [2.45, 2.75) is 13.5 Å². The van der Waals surface area contributed by atoms with Crippen molar-refractivity contribution in [2.24, 2.45) is 0 Å². The van der Waals surface area contributed by atoms with Crippen LogP contribution in [0.1, 0.15) is 26.5 Å². The zero-order valence-corrected chi connectivity index (χ0v) is 13.7. The van der Waals surface area contributed by atoms with Crippen molar-refractivity contribution in [1.29, 1.82) is 5.26 Å². The molecule has 24 heavy (non-hydrogen) atoms. The van der Waals surface area contributed by atoms with E-state index < -0.39 is 0 Å². The maximum absolute atomic E-state index is 12.4. The molecule has 2 aromatic heterocycles. The molecule has 0 atom stereocenters. The van der Waals surface area contributed by atoms with Crippen molar-refractivity contribution in [3.05, 3.63) is 64.4 Å². The number of nitrogens with zero attached hydrogens (tertiary/aromatic N) is 4. The van der Waals surface area contributed by atoms with Gasteiger partial charge in [-0.25, -0.2) is 15.0 Å². The number of nitriles is 1. The standard InChI is InChI=1S/C17H13N5OS/c1-11-14(24-17(22-11)15-19-6-3-7-20-15)16(23)21-10-13-5-2-4-12(8-13)9-18/h2-8H,10H2,1H3,(H,21,23). The molecular formula is C17H13N5OS. The highest BCUT2D eigenvalue weighted by atomic mass is 32.1. The lowest BCUT2D eigenvalue weighted by Crippen LogP contribution is -2.22. The molecule has 0 unspecified atom stereocenters. The Morgan fingerprint density at radius 2 is 2.08 bits per heavy atom. The fourth-order valence-electron chi connectivity index (χ4n) is 2.13. The highest BCUT2D eigenvalue weighted by molar-refractivity contribution is 7.17. The first-order valence-electron chi connectivity index (χ1n) is 7.19. The summed E-state index contributed by atoms with van der Waals surface area (Å²) in [5.41, 5.74) is 2.08. The number of hydrogen-bond acceptors (Lipinski definition) is 6. The molecule has 0 saturated carbocycles. The maximum Gasteiger partial charge on any atom is 0.263 e. The third kappa shape index (κ3) is 3.45. The van der Waals surface area contributed by atoms with Gasteiger partial charge < -0.3 is 5.32 Å². The molecule has 1 aromatic carbocycles. The van der Waals surface area contributed by atoms with Crippen LogP contribution in [0.2, 0.25) is 0 Å². The number of thiazole rings is 1. The number of carbonyl (C=O) groups is 1. The number of aryl methyl sites for hydroxylation is 1. The Balaban J connectivity index is 1.74. The van der Waals surface area contributed by atoms with Crippen LogP contribution in [0.4, 0.5) is 0 Å². The highest BCUT2D eigenvalue weighted by Crippen LogP contribution is 2.25. The topological polar surface area (TPSA) is 91.6 Å². The van der Waals surface area contributed by atoms with Gasteiger partial charge in [-0.3, -0.25) is 4.79 Å². The Bertz CT molecular complexity index is 914. The second kappa shape index (κ2) is 6.98. The molecule has 0 fully saturated rings. The van der Waals surface area contributed by atoms with Gasteiger partial charge in [0, 0.05) is 18.9 Å². The van der Waals surface area contributed by atoms with Crippen LogP contribution >= 0.6 is 11.3 Å². The summed E-state index contributed by atoms with van der Waals surface area (Å²) in [5, 5.41) is 12.4. The molecule has 0 spiro atoms. The van der Waals surface area contributed by atoms with Crippen LogP contribution in [0.15, 0.2) is 42.7 Å². The van der Waals surface area contributed by atoms with Gasteiger partial charge in [0.15, 0.2) is 10.8 Å². The van der Waals surface area contributed by atoms with E-state index in [-0.39, 0.29) is 5.91 Å². The Hall–Kier alpha value is -3.11. The third-order valence-corrected chi connectivity index (χ3v) is 4.42. The molecule has 7 heteroatoms. The quantitative estimate of drug-likeness (QED) is 0.791.